The van der Waals surface area contributed by atoms with Crippen molar-refractivity contribution in [1.29, 1.82) is 0 Å². The molecule has 0 saturated carbocycles. The van der Waals surface area contributed by atoms with Crippen LogP contribution in [0.25, 0.3) is 11.0 Å². The van der Waals surface area contributed by atoms with Crippen molar-refractivity contribution < 1.29 is 4.79 Å². The van der Waals surface area contributed by atoms with Crippen LogP contribution in [0.2, 0.25) is 5.02 Å². The second kappa shape index (κ2) is 9.03. The number of carbonyl (C=O) groups is 1. The van der Waals surface area contributed by atoms with Crippen molar-refractivity contribution in [3.63, 3.8) is 0 Å². The van der Waals surface area contributed by atoms with Crippen LogP contribution >= 0.6 is 11.6 Å². The largest absolute Gasteiger partial charge is 0.368 e. The molecule has 0 bridgehead atoms. The van der Waals surface area contributed by atoms with Crippen LogP contribution in [0.5, 0.6) is 0 Å². The number of carbonyl (C=O) groups excluding carboxylic acids is 1. The molecule has 4 heterocycles. The molecular formula is C22H25ClN6O2. The number of nitrogens with zero attached hydrogens (tertiary/aromatic N) is 4. The molecule has 1 saturated heterocycles. The van der Waals surface area contributed by atoms with Gasteiger partial charge in [-0.2, -0.15) is 0 Å². The summed E-state index contributed by atoms with van der Waals surface area (Å²) in [6, 6.07) is 5.64. The summed E-state index contributed by atoms with van der Waals surface area (Å²) in [5.74, 6) is -0.186. The zero-order valence-corrected chi connectivity index (χ0v) is 18.4. The van der Waals surface area contributed by atoms with Crippen molar-refractivity contribution in [2.45, 2.75) is 19.9 Å². The van der Waals surface area contributed by atoms with E-state index < -0.39 is 0 Å². The van der Waals surface area contributed by atoms with Gasteiger partial charge < -0.3 is 15.2 Å². The number of nitrogens with one attached hydrogen (secondary N) is 2. The molecule has 1 amide bonds. The summed E-state index contributed by atoms with van der Waals surface area (Å²) in [5, 5.41) is 3.02. The Hall–Kier alpha value is -2.97. The summed E-state index contributed by atoms with van der Waals surface area (Å²) in [5.41, 5.74) is 4.20. The summed E-state index contributed by atoms with van der Waals surface area (Å²) in [6.07, 6.45) is 4.15. The van der Waals surface area contributed by atoms with Gasteiger partial charge in [0.25, 0.3) is 11.5 Å². The first-order valence-electron chi connectivity index (χ1n) is 10.3. The number of halogens is 1. The Kier molecular flexibility index (Phi) is 6.20. The highest BCUT2D eigenvalue weighted by molar-refractivity contribution is 6.35. The molecule has 3 aromatic heterocycles. The second-order valence-electron chi connectivity index (χ2n) is 7.58. The molecule has 1 aliphatic rings. The van der Waals surface area contributed by atoms with Gasteiger partial charge >= 0.3 is 0 Å². The Morgan fingerprint density at radius 2 is 1.97 bits per heavy atom. The van der Waals surface area contributed by atoms with Crippen LogP contribution in [0, 0.1) is 0 Å². The topological polar surface area (TPSA) is 94.2 Å². The number of fused-ring (bicyclic) bond motifs is 1. The van der Waals surface area contributed by atoms with E-state index in [0.29, 0.717) is 33.7 Å². The standard InChI is InChI=1S/C22H25ClN6O2/c1-3-16-19(23)20-18(27-21(16)30)10-14(11-26-20)13-28-6-8-29(9-7-28)15-4-5-17(25-12-15)22(31)24-2/h4-5,10-12H,3,6-9,13H2,1-2H3,(H,24,31)(H,27,30). The number of anilines is 1. The van der Waals surface area contributed by atoms with E-state index in [1.165, 1.54) is 0 Å². The number of amides is 1. The number of rotatable bonds is 5. The van der Waals surface area contributed by atoms with E-state index in [2.05, 4.69) is 30.1 Å². The van der Waals surface area contributed by atoms with Crippen molar-refractivity contribution in [1.82, 2.24) is 25.2 Å². The van der Waals surface area contributed by atoms with Gasteiger partial charge in [-0.1, -0.05) is 18.5 Å². The molecular weight excluding hydrogens is 416 g/mol. The first-order valence-corrected chi connectivity index (χ1v) is 10.7. The first-order chi connectivity index (χ1) is 15.0. The molecule has 1 fully saturated rings. The molecule has 31 heavy (non-hydrogen) atoms. The van der Waals surface area contributed by atoms with Gasteiger partial charge in [0.2, 0.25) is 0 Å². The third kappa shape index (κ3) is 4.40. The number of piperazine rings is 1. The highest BCUT2D eigenvalue weighted by atomic mass is 35.5. The minimum Gasteiger partial charge on any atom is -0.368 e. The lowest BCUT2D eigenvalue weighted by Crippen LogP contribution is -2.46. The lowest BCUT2D eigenvalue weighted by atomic mass is 10.1. The fraction of sp³-hybridized carbons (Fsp3) is 0.364. The molecule has 2 N–H and O–H groups in total. The van der Waals surface area contributed by atoms with Gasteiger partial charge in [-0.15, -0.1) is 0 Å². The predicted octanol–water partition coefficient (Wildman–Crippen LogP) is 2.22. The summed E-state index contributed by atoms with van der Waals surface area (Å²) in [4.78, 5) is 40.1. The van der Waals surface area contributed by atoms with E-state index in [-0.39, 0.29) is 11.5 Å². The Balaban J connectivity index is 1.41. The molecule has 4 rings (SSSR count). The Morgan fingerprint density at radius 3 is 2.61 bits per heavy atom. The maximum atomic E-state index is 12.2. The van der Waals surface area contributed by atoms with Crippen LogP contribution in [0.15, 0.2) is 35.4 Å². The maximum absolute atomic E-state index is 12.2. The van der Waals surface area contributed by atoms with Crippen molar-refractivity contribution in [3.05, 3.63) is 62.8 Å². The second-order valence-corrected chi connectivity index (χ2v) is 7.96. The average Bonchev–Trinajstić information content (AvgIpc) is 2.79. The van der Waals surface area contributed by atoms with Crippen molar-refractivity contribution in [2.75, 3.05) is 38.1 Å². The zero-order valence-electron chi connectivity index (χ0n) is 17.6. The fourth-order valence-electron chi connectivity index (χ4n) is 3.88. The SMILES string of the molecule is CCc1c(Cl)c2ncc(CN3CCN(c4ccc(C(=O)NC)nc4)CC3)cc2[nH]c1=O. The molecule has 8 nitrogen and oxygen atoms in total. The Morgan fingerprint density at radius 1 is 1.19 bits per heavy atom. The third-order valence-electron chi connectivity index (χ3n) is 5.64. The number of aromatic nitrogens is 3. The van der Waals surface area contributed by atoms with Gasteiger partial charge in [0.05, 0.1) is 22.4 Å². The van der Waals surface area contributed by atoms with E-state index in [1.807, 2.05) is 25.3 Å². The molecule has 1 aliphatic heterocycles. The van der Waals surface area contributed by atoms with Crippen molar-refractivity contribution in [3.8, 4) is 0 Å². The normalized spacial score (nSPS) is 14.7. The van der Waals surface area contributed by atoms with Gasteiger partial charge in [0, 0.05) is 51.5 Å². The number of aromatic amines is 1. The summed E-state index contributed by atoms with van der Waals surface area (Å²) in [7, 11) is 1.59. The Labute approximate surface area is 185 Å². The maximum Gasteiger partial charge on any atom is 0.269 e. The molecule has 3 aromatic rings. The quantitative estimate of drug-likeness (QED) is 0.631. The molecule has 9 heteroatoms. The lowest BCUT2D eigenvalue weighted by molar-refractivity contribution is 0.0958. The van der Waals surface area contributed by atoms with E-state index in [4.69, 9.17) is 11.6 Å². The molecule has 0 unspecified atom stereocenters. The van der Waals surface area contributed by atoms with Crippen molar-refractivity contribution >= 4 is 34.2 Å². The van der Waals surface area contributed by atoms with Gasteiger partial charge in [-0.25, -0.2) is 4.98 Å². The van der Waals surface area contributed by atoms with Crippen LogP contribution in [-0.2, 0) is 13.0 Å². The number of H-pyrrole nitrogens is 1. The van der Waals surface area contributed by atoms with E-state index in [1.54, 1.807) is 19.3 Å². The molecule has 0 aliphatic carbocycles. The fourth-order valence-corrected chi connectivity index (χ4v) is 4.25. The third-order valence-corrected chi connectivity index (χ3v) is 6.05. The van der Waals surface area contributed by atoms with Gasteiger partial charge in [0.15, 0.2) is 0 Å². The van der Waals surface area contributed by atoms with Crippen LogP contribution in [0.1, 0.15) is 28.5 Å². The van der Waals surface area contributed by atoms with E-state index in [0.717, 1.165) is 44.0 Å². The Bertz CT molecular complexity index is 1150. The van der Waals surface area contributed by atoms with Gasteiger partial charge in [0.1, 0.15) is 11.2 Å². The van der Waals surface area contributed by atoms with Gasteiger partial charge in [-0.3, -0.25) is 19.5 Å². The number of pyridine rings is 3. The van der Waals surface area contributed by atoms with Crippen LogP contribution in [0.4, 0.5) is 5.69 Å². The lowest BCUT2D eigenvalue weighted by Gasteiger charge is -2.36. The zero-order chi connectivity index (χ0) is 22.0. The molecule has 0 radical (unpaired) electrons. The number of hydrogen-bond acceptors (Lipinski definition) is 6. The van der Waals surface area contributed by atoms with Gasteiger partial charge in [-0.05, 0) is 30.2 Å². The summed E-state index contributed by atoms with van der Waals surface area (Å²) >= 11 is 6.38. The minimum atomic E-state index is -0.186. The molecule has 0 spiro atoms. The van der Waals surface area contributed by atoms with Crippen LogP contribution in [-0.4, -0.2) is 59.0 Å². The summed E-state index contributed by atoms with van der Waals surface area (Å²) in [6.45, 7) is 6.17. The molecule has 0 atom stereocenters. The van der Waals surface area contributed by atoms with Crippen molar-refractivity contribution in [2.24, 2.45) is 0 Å². The van der Waals surface area contributed by atoms with Crippen LogP contribution < -0.4 is 15.8 Å². The van der Waals surface area contributed by atoms with E-state index in [9.17, 15) is 9.59 Å². The molecule has 0 aromatic carbocycles. The van der Waals surface area contributed by atoms with Crippen LogP contribution in [0.3, 0.4) is 0 Å². The monoisotopic (exact) mass is 440 g/mol. The highest BCUT2D eigenvalue weighted by Crippen LogP contribution is 2.23. The summed E-state index contributed by atoms with van der Waals surface area (Å²) < 4.78 is 0. The predicted molar refractivity (Wildman–Crippen MR) is 122 cm³/mol. The number of hydrogen-bond donors (Lipinski definition) is 2. The minimum absolute atomic E-state index is 0.149. The smallest absolute Gasteiger partial charge is 0.269 e. The van der Waals surface area contributed by atoms with E-state index >= 15 is 0 Å². The average molecular weight is 441 g/mol. The molecule has 162 valence electrons. The highest BCUT2D eigenvalue weighted by Gasteiger charge is 2.19. The first kappa shape index (κ1) is 21.3.